The van der Waals surface area contributed by atoms with Gasteiger partial charge >= 0.3 is 0 Å². The first-order valence-electron chi connectivity index (χ1n) is 8.51. The van der Waals surface area contributed by atoms with Crippen molar-refractivity contribution < 1.29 is 13.9 Å². The number of imidazole rings is 1. The van der Waals surface area contributed by atoms with Crippen LogP contribution in [0.4, 0.5) is 10.3 Å². The zero-order valence-corrected chi connectivity index (χ0v) is 15.1. The van der Waals surface area contributed by atoms with Crippen LogP contribution in [0.5, 0.6) is 5.75 Å². The molecular formula is C20H22FN3O2. The number of fused-ring (bicyclic) bond motifs is 1. The number of nitrogens with zero attached hydrogens (tertiary/aromatic N) is 2. The number of nitrogens with one attached hydrogen (secondary N) is 1. The molecule has 5 nitrogen and oxygen atoms in total. The second kappa shape index (κ2) is 7.15. The lowest BCUT2D eigenvalue weighted by atomic mass is 10.1. The number of anilines is 1. The zero-order chi connectivity index (χ0) is 18.7. The Hall–Kier alpha value is -2.89. The molecule has 26 heavy (non-hydrogen) atoms. The van der Waals surface area contributed by atoms with Crippen molar-refractivity contribution in [2.75, 3.05) is 11.9 Å². The van der Waals surface area contributed by atoms with Gasteiger partial charge in [0.1, 0.15) is 11.6 Å². The molecule has 136 valence electrons. The summed E-state index contributed by atoms with van der Waals surface area (Å²) in [5.41, 5.74) is 1.57. The number of rotatable bonds is 5. The maximum atomic E-state index is 12.9. The molecule has 0 spiro atoms. The van der Waals surface area contributed by atoms with E-state index in [-0.39, 0.29) is 30.3 Å². The molecular weight excluding hydrogens is 333 g/mol. The van der Waals surface area contributed by atoms with Crippen LogP contribution in [0.1, 0.15) is 27.2 Å². The van der Waals surface area contributed by atoms with E-state index in [1.165, 1.54) is 24.3 Å². The Bertz CT molecular complexity index is 911. The molecule has 6 heteroatoms. The van der Waals surface area contributed by atoms with Gasteiger partial charge in [0.25, 0.3) is 0 Å². The molecule has 0 bridgehead atoms. The van der Waals surface area contributed by atoms with E-state index < -0.39 is 0 Å². The van der Waals surface area contributed by atoms with Crippen molar-refractivity contribution >= 4 is 22.9 Å². The number of benzene rings is 2. The number of aromatic nitrogens is 2. The molecule has 0 saturated carbocycles. The smallest absolute Gasteiger partial charge is 0.230 e. The summed E-state index contributed by atoms with van der Waals surface area (Å²) in [7, 11) is 0. The minimum Gasteiger partial charge on any atom is -0.493 e. The minimum atomic E-state index is -0.323. The van der Waals surface area contributed by atoms with Crippen LogP contribution in [-0.2, 0) is 10.3 Å². The minimum absolute atomic E-state index is 0.171. The highest BCUT2D eigenvalue weighted by molar-refractivity contribution is 5.91. The lowest BCUT2D eigenvalue weighted by Crippen LogP contribution is -2.26. The third kappa shape index (κ3) is 4.02. The van der Waals surface area contributed by atoms with Gasteiger partial charge in [0.2, 0.25) is 11.9 Å². The SMILES string of the molecule is CC(C)(C)n1c(NC(=O)CCOc2ccc(F)cc2)nc2ccccc21. The van der Waals surface area contributed by atoms with E-state index in [0.717, 1.165) is 11.0 Å². The van der Waals surface area contributed by atoms with E-state index in [4.69, 9.17) is 4.74 Å². The Balaban J connectivity index is 1.68. The third-order valence-electron chi connectivity index (χ3n) is 3.89. The lowest BCUT2D eigenvalue weighted by molar-refractivity contribution is -0.116. The average Bonchev–Trinajstić information content (AvgIpc) is 2.94. The van der Waals surface area contributed by atoms with Crippen LogP contribution < -0.4 is 10.1 Å². The van der Waals surface area contributed by atoms with Gasteiger partial charge in [0, 0.05) is 5.54 Å². The average molecular weight is 355 g/mol. The van der Waals surface area contributed by atoms with E-state index in [1.54, 1.807) is 0 Å². The fourth-order valence-corrected chi connectivity index (χ4v) is 2.77. The first kappa shape index (κ1) is 17.9. The first-order chi connectivity index (χ1) is 12.3. The van der Waals surface area contributed by atoms with Crippen LogP contribution in [0, 0.1) is 5.82 Å². The topological polar surface area (TPSA) is 56.2 Å². The predicted molar refractivity (Wildman–Crippen MR) is 99.9 cm³/mol. The standard InChI is InChI=1S/C20H22FN3O2/c1-20(2,3)24-17-7-5-4-6-16(17)22-19(24)23-18(25)12-13-26-15-10-8-14(21)9-11-15/h4-11H,12-13H2,1-3H3,(H,22,23,25). The van der Waals surface area contributed by atoms with E-state index in [2.05, 4.69) is 31.1 Å². The Morgan fingerprint density at radius 2 is 1.85 bits per heavy atom. The largest absolute Gasteiger partial charge is 0.493 e. The van der Waals surface area contributed by atoms with Crippen molar-refractivity contribution in [2.45, 2.75) is 32.7 Å². The quantitative estimate of drug-likeness (QED) is 0.741. The molecule has 1 aromatic heterocycles. The van der Waals surface area contributed by atoms with Crippen molar-refractivity contribution in [3.05, 3.63) is 54.3 Å². The normalized spacial score (nSPS) is 11.5. The van der Waals surface area contributed by atoms with E-state index in [9.17, 15) is 9.18 Å². The number of para-hydroxylation sites is 2. The van der Waals surface area contributed by atoms with Crippen molar-refractivity contribution in [3.63, 3.8) is 0 Å². The number of amides is 1. The highest BCUT2D eigenvalue weighted by atomic mass is 19.1. The molecule has 0 fully saturated rings. The van der Waals surface area contributed by atoms with Gasteiger partial charge in [0.15, 0.2) is 0 Å². The number of carbonyl (C=O) groups is 1. The molecule has 1 heterocycles. The maximum absolute atomic E-state index is 12.9. The molecule has 0 aliphatic heterocycles. The van der Waals surface area contributed by atoms with Gasteiger partial charge in [-0.05, 0) is 57.2 Å². The molecule has 0 unspecified atom stereocenters. The van der Waals surface area contributed by atoms with Crippen LogP contribution in [0.25, 0.3) is 11.0 Å². The molecule has 1 amide bonds. The van der Waals surface area contributed by atoms with E-state index >= 15 is 0 Å². The first-order valence-corrected chi connectivity index (χ1v) is 8.51. The Morgan fingerprint density at radius 1 is 1.15 bits per heavy atom. The molecule has 0 aliphatic carbocycles. The molecule has 2 aromatic carbocycles. The second-order valence-electron chi connectivity index (χ2n) is 7.03. The highest BCUT2D eigenvalue weighted by Gasteiger charge is 2.22. The molecule has 1 N–H and O–H groups in total. The summed E-state index contributed by atoms with van der Waals surface area (Å²) < 4.78 is 20.4. The lowest BCUT2D eigenvalue weighted by Gasteiger charge is -2.24. The fourth-order valence-electron chi connectivity index (χ4n) is 2.77. The summed E-state index contributed by atoms with van der Waals surface area (Å²) in [4.78, 5) is 16.9. The molecule has 3 rings (SSSR count). The molecule has 0 atom stereocenters. The van der Waals surface area contributed by atoms with Crippen molar-refractivity contribution in [3.8, 4) is 5.75 Å². The molecule has 3 aromatic rings. The molecule has 0 aliphatic rings. The number of hydrogen-bond acceptors (Lipinski definition) is 3. The number of halogens is 1. The van der Waals surface area contributed by atoms with E-state index in [0.29, 0.717) is 11.7 Å². The van der Waals surface area contributed by atoms with Gasteiger partial charge < -0.3 is 9.30 Å². The molecule has 0 radical (unpaired) electrons. The van der Waals surface area contributed by atoms with Crippen molar-refractivity contribution in [2.24, 2.45) is 0 Å². The second-order valence-corrected chi connectivity index (χ2v) is 7.03. The van der Waals surface area contributed by atoms with Crippen LogP contribution >= 0.6 is 0 Å². The summed E-state index contributed by atoms with van der Waals surface area (Å²) in [6.07, 6.45) is 0.171. The predicted octanol–water partition coefficient (Wildman–Crippen LogP) is 4.34. The van der Waals surface area contributed by atoms with Crippen molar-refractivity contribution in [1.29, 1.82) is 0 Å². The Labute approximate surface area is 151 Å². The molecule has 0 saturated heterocycles. The fraction of sp³-hybridized carbons (Fsp3) is 0.300. The zero-order valence-electron chi connectivity index (χ0n) is 15.1. The number of ether oxygens (including phenoxy) is 1. The number of carbonyl (C=O) groups excluding carboxylic acids is 1. The van der Waals surface area contributed by atoms with E-state index in [1.807, 2.05) is 28.8 Å². The van der Waals surface area contributed by atoms with Crippen LogP contribution in [0.2, 0.25) is 0 Å². The van der Waals surface area contributed by atoms with Gasteiger partial charge in [-0.3, -0.25) is 10.1 Å². The van der Waals surface area contributed by atoms with Crippen molar-refractivity contribution in [1.82, 2.24) is 9.55 Å². The van der Waals surface area contributed by atoms with Crippen LogP contribution in [0.15, 0.2) is 48.5 Å². The van der Waals surface area contributed by atoms with Gasteiger partial charge in [-0.2, -0.15) is 0 Å². The monoisotopic (exact) mass is 355 g/mol. The summed E-state index contributed by atoms with van der Waals surface area (Å²) in [5.74, 6) is 0.538. The van der Waals surface area contributed by atoms with Crippen LogP contribution in [-0.4, -0.2) is 22.1 Å². The summed E-state index contributed by atoms with van der Waals surface area (Å²) in [6, 6.07) is 13.5. The summed E-state index contributed by atoms with van der Waals surface area (Å²) >= 11 is 0. The highest BCUT2D eigenvalue weighted by Crippen LogP contribution is 2.27. The van der Waals surface area contributed by atoms with Gasteiger partial charge in [0.05, 0.1) is 24.1 Å². The number of hydrogen-bond donors (Lipinski definition) is 1. The van der Waals surface area contributed by atoms with Crippen LogP contribution in [0.3, 0.4) is 0 Å². The Morgan fingerprint density at radius 3 is 2.54 bits per heavy atom. The van der Waals surface area contributed by atoms with Gasteiger partial charge in [-0.1, -0.05) is 12.1 Å². The third-order valence-corrected chi connectivity index (χ3v) is 3.89. The Kier molecular flexibility index (Phi) is 4.93. The summed E-state index contributed by atoms with van der Waals surface area (Å²) in [6.45, 7) is 6.39. The van der Waals surface area contributed by atoms with Gasteiger partial charge in [-0.15, -0.1) is 0 Å². The van der Waals surface area contributed by atoms with Gasteiger partial charge in [-0.25, -0.2) is 9.37 Å². The maximum Gasteiger partial charge on any atom is 0.230 e. The summed E-state index contributed by atoms with van der Waals surface area (Å²) in [5, 5.41) is 2.87.